The van der Waals surface area contributed by atoms with E-state index in [9.17, 15) is 0 Å². The molecule has 1 aliphatic heterocycles. The minimum atomic E-state index is 0.759. The van der Waals surface area contributed by atoms with Crippen LogP contribution in [0.15, 0.2) is 36.4 Å². The maximum absolute atomic E-state index is 5.65. The Bertz CT molecular complexity index is 781. The van der Waals surface area contributed by atoms with Crippen LogP contribution in [0.25, 0.3) is 0 Å². The SMILES string of the molecule is COc1cc(C)c(C)cc1NC(=S)N1CCN(c2ccc(C)cc2)CC1. The molecule has 0 bridgehead atoms. The van der Waals surface area contributed by atoms with Crippen molar-refractivity contribution >= 4 is 28.7 Å². The van der Waals surface area contributed by atoms with Gasteiger partial charge in [0.25, 0.3) is 0 Å². The quantitative estimate of drug-likeness (QED) is 0.821. The molecule has 4 nitrogen and oxygen atoms in total. The van der Waals surface area contributed by atoms with Crippen molar-refractivity contribution < 1.29 is 4.74 Å². The second-order valence-corrected chi connectivity index (χ2v) is 7.26. The maximum Gasteiger partial charge on any atom is 0.173 e. The zero-order valence-corrected chi connectivity index (χ0v) is 16.8. The molecule has 1 heterocycles. The van der Waals surface area contributed by atoms with E-state index in [1.165, 1.54) is 22.4 Å². The molecule has 1 fully saturated rings. The number of piperazine rings is 1. The summed E-state index contributed by atoms with van der Waals surface area (Å²) in [4.78, 5) is 4.64. The lowest BCUT2D eigenvalue weighted by atomic mass is 10.1. The third-order valence-electron chi connectivity index (χ3n) is 5.02. The van der Waals surface area contributed by atoms with Crippen LogP contribution in [-0.2, 0) is 0 Å². The highest BCUT2D eigenvalue weighted by molar-refractivity contribution is 7.80. The molecule has 2 aromatic carbocycles. The van der Waals surface area contributed by atoms with Gasteiger partial charge >= 0.3 is 0 Å². The van der Waals surface area contributed by atoms with Crippen LogP contribution in [0, 0.1) is 20.8 Å². The highest BCUT2D eigenvalue weighted by Crippen LogP contribution is 2.28. The van der Waals surface area contributed by atoms with Crippen LogP contribution in [-0.4, -0.2) is 43.3 Å². The molecule has 138 valence electrons. The normalized spacial score (nSPS) is 14.3. The molecule has 5 heteroatoms. The lowest BCUT2D eigenvalue weighted by molar-refractivity contribution is 0.390. The van der Waals surface area contributed by atoms with E-state index in [0.717, 1.165) is 42.7 Å². The topological polar surface area (TPSA) is 27.7 Å². The molecule has 1 N–H and O–H groups in total. The van der Waals surface area contributed by atoms with E-state index in [0.29, 0.717) is 0 Å². The summed E-state index contributed by atoms with van der Waals surface area (Å²) in [5.41, 5.74) is 5.94. The summed E-state index contributed by atoms with van der Waals surface area (Å²) >= 11 is 5.65. The zero-order chi connectivity index (χ0) is 18.7. The second-order valence-electron chi connectivity index (χ2n) is 6.88. The van der Waals surface area contributed by atoms with Gasteiger partial charge in [0.15, 0.2) is 5.11 Å². The van der Waals surface area contributed by atoms with E-state index in [2.05, 4.69) is 72.3 Å². The minimum absolute atomic E-state index is 0.759. The predicted molar refractivity (Wildman–Crippen MR) is 114 cm³/mol. The average molecular weight is 370 g/mol. The third kappa shape index (κ3) is 4.10. The Hall–Kier alpha value is -2.27. The van der Waals surface area contributed by atoms with Gasteiger partial charge in [-0.15, -0.1) is 0 Å². The molecule has 0 aliphatic carbocycles. The summed E-state index contributed by atoms with van der Waals surface area (Å²) in [6.07, 6.45) is 0. The minimum Gasteiger partial charge on any atom is -0.495 e. The first kappa shape index (κ1) is 18.5. The highest BCUT2D eigenvalue weighted by Gasteiger charge is 2.20. The molecule has 0 aromatic heterocycles. The van der Waals surface area contributed by atoms with Crippen molar-refractivity contribution in [3.63, 3.8) is 0 Å². The van der Waals surface area contributed by atoms with Gasteiger partial charge < -0.3 is 19.9 Å². The smallest absolute Gasteiger partial charge is 0.173 e. The number of ether oxygens (including phenoxy) is 1. The molecular formula is C21H27N3OS. The summed E-state index contributed by atoms with van der Waals surface area (Å²) in [6, 6.07) is 12.9. The molecule has 0 saturated carbocycles. The average Bonchev–Trinajstić information content (AvgIpc) is 2.65. The van der Waals surface area contributed by atoms with Gasteiger partial charge in [-0.3, -0.25) is 0 Å². The number of thiocarbonyl (C=S) groups is 1. The van der Waals surface area contributed by atoms with Gasteiger partial charge in [0, 0.05) is 31.9 Å². The Morgan fingerprint density at radius 1 is 0.962 bits per heavy atom. The van der Waals surface area contributed by atoms with Crippen LogP contribution in [0.5, 0.6) is 5.75 Å². The summed E-state index contributed by atoms with van der Waals surface area (Å²) in [7, 11) is 1.69. The number of rotatable bonds is 3. The summed E-state index contributed by atoms with van der Waals surface area (Å²) in [5, 5.41) is 4.13. The fourth-order valence-electron chi connectivity index (χ4n) is 3.17. The lowest BCUT2D eigenvalue weighted by Crippen LogP contribution is -2.50. The van der Waals surface area contributed by atoms with Crippen LogP contribution >= 0.6 is 12.2 Å². The van der Waals surface area contributed by atoms with Crippen molar-refractivity contribution in [2.45, 2.75) is 20.8 Å². The fourth-order valence-corrected chi connectivity index (χ4v) is 3.47. The molecule has 0 radical (unpaired) electrons. The van der Waals surface area contributed by atoms with Crippen LogP contribution in [0.2, 0.25) is 0 Å². The fraction of sp³-hybridized carbons (Fsp3) is 0.381. The van der Waals surface area contributed by atoms with E-state index in [1.807, 2.05) is 0 Å². The first-order valence-corrected chi connectivity index (χ1v) is 9.41. The van der Waals surface area contributed by atoms with Crippen LogP contribution in [0.4, 0.5) is 11.4 Å². The highest BCUT2D eigenvalue weighted by atomic mass is 32.1. The first-order chi connectivity index (χ1) is 12.5. The van der Waals surface area contributed by atoms with Gasteiger partial charge in [0.2, 0.25) is 0 Å². The monoisotopic (exact) mass is 369 g/mol. The molecule has 26 heavy (non-hydrogen) atoms. The summed E-state index contributed by atoms with van der Waals surface area (Å²) in [6.45, 7) is 10.1. The molecular weight excluding hydrogens is 342 g/mol. The Morgan fingerprint density at radius 2 is 1.58 bits per heavy atom. The molecule has 1 saturated heterocycles. The second kappa shape index (κ2) is 7.96. The van der Waals surface area contributed by atoms with Gasteiger partial charge in [-0.05, 0) is 68.4 Å². The van der Waals surface area contributed by atoms with Gasteiger partial charge in [-0.25, -0.2) is 0 Å². The van der Waals surface area contributed by atoms with Crippen molar-refractivity contribution in [3.05, 3.63) is 53.1 Å². The van der Waals surface area contributed by atoms with E-state index < -0.39 is 0 Å². The Labute approximate surface area is 161 Å². The van der Waals surface area contributed by atoms with Gasteiger partial charge in [-0.1, -0.05) is 17.7 Å². The van der Waals surface area contributed by atoms with E-state index in [1.54, 1.807) is 7.11 Å². The molecule has 0 unspecified atom stereocenters. The van der Waals surface area contributed by atoms with Gasteiger partial charge in [0.05, 0.1) is 12.8 Å². The van der Waals surface area contributed by atoms with Crippen molar-refractivity contribution in [1.82, 2.24) is 4.90 Å². The number of nitrogens with one attached hydrogen (secondary N) is 1. The van der Waals surface area contributed by atoms with E-state index in [-0.39, 0.29) is 0 Å². The Morgan fingerprint density at radius 3 is 2.19 bits per heavy atom. The number of aryl methyl sites for hydroxylation is 3. The molecule has 0 amide bonds. The lowest BCUT2D eigenvalue weighted by Gasteiger charge is -2.37. The number of anilines is 2. The predicted octanol–water partition coefficient (Wildman–Crippen LogP) is 4.14. The Balaban J connectivity index is 1.62. The number of methoxy groups -OCH3 is 1. The van der Waals surface area contributed by atoms with Crippen molar-refractivity contribution in [3.8, 4) is 5.75 Å². The first-order valence-electron chi connectivity index (χ1n) is 9.00. The Kier molecular flexibility index (Phi) is 5.67. The number of nitrogens with zero attached hydrogens (tertiary/aromatic N) is 2. The number of benzene rings is 2. The van der Waals surface area contributed by atoms with E-state index in [4.69, 9.17) is 17.0 Å². The van der Waals surface area contributed by atoms with Crippen LogP contribution in [0.3, 0.4) is 0 Å². The third-order valence-corrected chi connectivity index (χ3v) is 5.38. The molecule has 2 aromatic rings. The number of hydrogen-bond acceptors (Lipinski definition) is 3. The standard InChI is InChI=1S/C21H27N3OS/c1-15-5-7-18(8-6-15)23-9-11-24(12-10-23)21(26)22-19-13-16(2)17(3)14-20(19)25-4/h5-8,13-14H,9-12H2,1-4H3,(H,22,26). The summed E-state index contributed by atoms with van der Waals surface area (Å²) < 4.78 is 5.51. The summed E-state index contributed by atoms with van der Waals surface area (Å²) in [5.74, 6) is 0.828. The largest absolute Gasteiger partial charge is 0.495 e. The van der Waals surface area contributed by atoms with Crippen molar-refractivity contribution in [1.29, 1.82) is 0 Å². The van der Waals surface area contributed by atoms with Crippen molar-refractivity contribution in [2.24, 2.45) is 0 Å². The number of hydrogen-bond donors (Lipinski definition) is 1. The van der Waals surface area contributed by atoms with Crippen molar-refractivity contribution in [2.75, 3.05) is 43.5 Å². The molecule has 0 atom stereocenters. The maximum atomic E-state index is 5.65. The molecule has 1 aliphatic rings. The van der Waals surface area contributed by atoms with E-state index >= 15 is 0 Å². The molecule has 3 rings (SSSR count). The molecule has 0 spiro atoms. The van der Waals surface area contributed by atoms with Crippen LogP contribution in [0.1, 0.15) is 16.7 Å². The zero-order valence-electron chi connectivity index (χ0n) is 16.0. The van der Waals surface area contributed by atoms with Crippen LogP contribution < -0.4 is 15.0 Å². The van der Waals surface area contributed by atoms with Gasteiger partial charge in [0.1, 0.15) is 5.75 Å². The van der Waals surface area contributed by atoms with Gasteiger partial charge in [-0.2, -0.15) is 0 Å².